The van der Waals surface area contributed by atoms with Crippen molar-refractivity contribution in [2.45, 2.75) is 19.6 Å². The van der Waals surface area contributed by atoms with E-state index in [1.54, 1.807) is 6.21 Å². The molecule has 0 radical (unpaired) electrons. The van der Waals surface area contributed by atoms with Gasteiger partial charge >= 0.3 is 6.18 Å². The molecule has 0 aliphatic carbocycles. The SMILES string of the molecule is Cc1nc(N2CCOCC2)ccc1-c1cc(C(F)(F)F)cc2c1C=NC2. The van der Waals surface area contributed by atoms with Gasteiger partial charge in [-0.3, -0.25) is 4.99 Å². The topological polar surface area (TPSA) is 37.7 Å². The van der Waals surface area contributed by atoms with Crippen molar-refractivity contribution in [2.75, 3.05) is 31.2 Å². The molecule has 0 N–H and O–H groups in total. The molecule has 2 aromatic rings. The maximum absolute atomic E-state index is 13.3. The molecule has 0 saturated carbocycles. The van der Waals surface area contributed by atoms with Crippen molar-refractivity contribution in [3.8, 4) is 11.1 Å². The molecule has 3 heterocycles. The number of halogens is 3. The molecule has 2 aliphatic heterocycles. The van der Waals surface area contributed by atoms with Crippen LogP contribution >= 0.6 is 0 Å². The number of anilines is 1. The van der Waals surface area contributed by atoms with Gasteiger partial charge in [-0.05, 0) is 42.3 Å². The van der Waals surface area contributed by atoms with Crippen LogP contribution in [0.5, 0.6) is 0 Å². The zero-order valence-corrected chi connectivity index (χ0v) is 14.3. The summed E-state index contributed by atoms with van der Waals surface area (Å²) in [5.74, 6) is 0.826. The zero-order valence-electron chi connectivity index (χ0n) is 14.3. The summed E-state index contributed by atoms with van der Waals surface area (Å²) in [5.41, 5.74) is 2.66. The Morgan fingerprint density at radius 1 is 1.08 bits per heavy atom. The maximum atomic E-state index is 13.3. The van der Waals surface area contributed by atoms with Crippen molar-refractivity contribution >= 4 is 12.0 Å². The third-order valence-electron chi connectivity index (χ3n) is 4.77. The van der Waals surface area contributed by atoms with E-state index < -0.39 is 11.7 Å². The number of rotatable bonds is 2. The molecular formula is C19H18F3N3O. The molecule has 4 rings (SSSR count). The number of pyridine rings is 1. The number of alkyl halides is 3. The van der Waals surface area contributed by atoms with Crippen LogP contribution in [0.3, 0.4) is 0 Å². The molecule has 0 unspecified atom stereocenters. The molecule has 26 heavy (non-hydrogen) atoms. The fraction of sp³-hybridized carbons (Fsp3) is 0.368. The van der Waals surface area contributed by atoms with E-state index in [-0.39, 0.29) is 6.54 Å². The number of aliphatic imine (C=N–C) groups is 1. The monoisotopic (exact) mass is 361 g/mol. The Kier molecular flexibility index (Phi) is 4.19. The Morgan fingerprint density at radius 2 is 1.85 bits per heavy atom. The van der Waals surface area contributed by atoms with Gasteiger partial charge in [0.1, 0.15) is 5.82 Å². The molecule has 7 heteroatoms. The Hall–Kier alpha value is -2.41. The Bertz CT molecular complexity index is 871. The maximum Gasteiger partial charge on any atom is 0.416 e. The van der Waals surface area contributed by atoms with Gasteiger partial charge in [-0.2, -0.15) is 13.2 Å². The Morgan fingerprint density at radius 3 is 2.54 bits per heavy atom. The minimum Gasteiger partial charge on any atom is -0.378 e. The molecule has 0 spiro atoms. The van der Waals surface area contributed by atoms with Gasteiger partial charge in [-0.1, -0.05) is 0 Å². The van der Waals surface area contributed by atoms with Crippen LogP contribution in [0, 0.1) is 6.92 Å². The summed E-state index contributed by atoms with van der Waals surface area (Å²) >= 11 is 0. The summed E-state index contributed by atoms with van der Waals surface area (Å²) in [5, 5.41) is 0. The summed E-state index contributed by atoms with van der Waals surface area (Å²) in [6, 6.07) is 6.12. The molecule has 1 aromatic heterocycles. The van der Waals surface area contributed by atoms with Crippen molar-refractivity contribution in [2.24, 2.45) is 4.99 Å². The Labute approximate surface area is 149 Å². The van der Waals surface area contributed by atoms with Crippen LogP contribution in [0.25, 0.3) is 11.1 Å². The molecule has 0 amide bonds. The van der Waals surface area contributed by atoms with Gasteiger partial charge < -0.3 is 9.64 Å². The molecule has 0 atom stereocenters. The number of hydrogen-bond donors (Lipinski definition) is 0. The van der Waals surface area contributed by atoms with Crippen LogP contribution in [-0.4, -0.2) is 37.5 Å². The highest BCUT2D eigenvalue weighted by Gasteiger charge is 2.33. The van der Waals surface area contributed by atoms with Gasteiger partial charge in [-0.25, -0.2) is 4.98 Å². The number of ether oxygens (including phenoxy) is 1. The first-order valence-electron chi connectivity index (χ1n) is 8.48. The third-order valence-corrected chi connectivity index (χ3v) is 4.77. The summed E-state index contributed by atoms with van der Waals surface area (Å²) < 4.78 is 45.2. The summed E-state index contributed by atoms with van der Waals surface area (Å²) in [7, 11) is 0. The quantitative estimate of drug-likeness (QED) is 0.816. The van der Waals surface area contributed by atoms with E-state index in [9.17, 15) is 13.2 Å². The molecule has 1 fully saturated rings. The second kappa shape index (κ2) is 6.39. The second-order valence-corrected chi connectivity index (χ2v) is 6.47. The van der Waals surface area contributed by atoms with Gasteiger partial charge in [0.2, 0.25) is 0 Å². The van der Waals surface area contributed by atoms with E-state index in [0.29, 0.717) is 35.6 Å². The predicted molar refractivity (Wildman–Crippen MR) is 93.7 cm³/mol. The molecule has 136 valence electrons. The number of aryl methyl sites for hydroxylation is 1. The lowest BCUT2D eigenvalue weighted by atomic mass is 9.93. The standard InChI is InChI=1S/C19H18F3N3O/c1-12-15(2-3-18(24-12)25-4-6-26-7-5-25)16-9-14(19(20,21)22)8-13-10-23-11-17(13)16/h2-3,8-9,11H,4-7,10H2,1H3. The normalized spacial score (nSPS) is 16.8. The fourth-order valence-electron chi connectivity index (χ4n) is 3.42. The van der Waals surface area contributed by atoms with Crippen LogP contribution in [-0.2, 0) is 17.5 Å². The lowest BCUT2D eigenvalue weighted by Crippen LogP contribution is -2.36. The minimum absolute atomic E-state index is 0.282. The van der Waals surface area contributed by atoms with E-state index >= 15 is 0 Å². The first-order valence-corrected chi connectivity index (χ1v) is 8.48. The van der Waals surface area contributed by atoms with Gasteiger partial charge in [0.15, 0.2) is 0 Å². The van der Waals surface area contributed by atoms with Crippen molar-refractivity contribution in [1.82, 2.24) is 4.98 Å². The molecule has 1 aromatic carbocycles. The van der Waals surface area contributed by atoms with Crippen LogP contribution < -0.4 is 4.90 Å². The van der Waals surface area contributed by atoms with E-state index in [1.807, 2.05) is 19.1 Å². The Balaban J connectivity index is 1.78. The van der Waals surface area contributed by atoms with Gasteiger partial charge in [0.25, 0.3) is 0 Å². The number of benzene rings is 1. The third kappa shape index (κ3) is 3.07. The van der Waals surface area contributed by atoms with E-state index in [0.717, 1.165) is 24.5 Å². The van der Waals surface area contributed by atoms with Crippen molar-refractivity contribution < 1.29 is 17.9 Å². The zero-order chi connectivity index (χ0) is 18.3. The highest BCUT2D eigenvalue weighted by molar-refractivity contribution is 5.95. The molecule has 2 aliphatic rings. The first kappa shape index (κ1) is 17.0. The summed E-state index contributed by atoms with van der Waals surface area (Å²) in [4.78, 5) is 10.9. The van der Waals surface area contributed by atoms with Crippen molar-refractivity contribution in [3.05, 3.63) is 46.6 Å². The lowest BCUT2D eigenvalue weighted by Gasteiger charge is -2.28. The van der Waals surface area contributed by atoms with Gasteiger partial charge in [0.05, 0.1) is 25.3 Å². The number of nitrogens with zero attached hydrogens (tertiary/aromatic N) is 3. The number of morpholine rings is 1. The van der Waals surface area contributed by atoms with Crippen molar-refractivity contribution in [3.63, 3.8) is 0 Å². The fourth-order valence-corrected chi connectivity index (χ4v) is 3.42. The highest BCUT2D eigenvalue weighted by atomic mass is 19.4. The van der Waals surface area contributed by atoms with Crippen LogP contribution in [0.1, 0.15) is 22.4 Å². The second-order valence-electron chi connectivity index (χ2n) is 6.47. The van der Waals surface area contributed by atoms with E-state index in [4.69, 9.17) is 4.74 Å². The van der Waals surface area contributed by atoms with Crippen molar-refractivity contribution in [1.29, 1.82) is 0 Å². The van der Waals surface area contributed by atoms with E-state index in [2.05, 4.69) is 14.9 Å². The highest BCUT2D eigenvalue weighted by Crippen LogP contribution is 2.38. The molecule has 1 saturated heterocycles. The number of aromatic nitrogens is 1. The molecule has 4 nitrogen and oxygen atoms in total. The smallest absolute Gasteiger partial charge is 0.378 e. The summed E-state index contributed by atoms with van der Waals surface area (Å²) in [6.07, 6.45) is -2.73. The lowest BCUT2D eigenvalue weighted by molar-refractivity contribution is -0.137. The van der Waals surface area contributed by atoms with Crippen LogP contribution in [0.15, 0.2) is 29.3 Å². The van der Waals surface area contributed by atoms with E-state index in [1.165, 1.54) is 12.1 Å². The first-order chi connectivity index (χ1) is 12.4. The van der Waals surface area contributed by atoms with Gasteiger partial charge in [0, 0.05) is 36.1 Å². The largest absolute Gasteiger partial charge is 0.416 e. The number of hydrogen-bond acceptors (Lipinski definition) is 4. The average Bonchev–Trinajstić information content (AvgIpc) is 3.10. The predicted octanol–water partition coefficient (Wildman–Crippen LogP) is 3.84. The summed E-state index contributed by atoms with van der Waals surface area (Å²) in [6.45, 7) is 4.94. The number of fused-ring (bicyclic) bond motifs is 1. The van der Waals surface area contributed by atoms with Crippen LogP contribution in [0.4, 0.5) is 19.0 Å². The average molecular weight is 361 g/mol. The van der Waals surface area contributed by atoms with Crippen LogP contribution in [0.2, 0.25) is 0 Å². The van der Waals surface area contributed by atoms with Gasteiger partial charge in [-0.15, -0.1) is 0 Å². The minimum atomic E-state index is -4.39. The molecule has 0 bridgehead atoms. The molecular weight excluding hydrogens is 343 g/mol.